The van der Waals surface area contributed by atoms with Crippen LogP contribution >= 0.6 is 11.3 Å². The van der Waals surface area contributed by atoms with Gasteiger partial charge in [-0.15, -0.1) is 11.3 Å². The highest BCUT2D eigenvalue weighted by atomic mass is 32.1. The average Bonchev–Trinajstić information content (AvgIpc) is 3.36. The van der Waals surface area contributed by atoms with Gasteiger partial charge in [0.2, 0.25) is 5.91 Å². The Kier molecular flexibility index (Phi) is 6.25. The molecule has 2 aliphatic rings. The van der Waals surface area contributed by atoms with Crippen LogP contribution in [0.25, 0.3) is 10.4 Å². The van der Waals surface area contributed by atoms with E-state index in [1.807, 2.05) is 36.4 Å². The molecular formula is C24H29NO4S. The molecule has 1 heterocycles. The Morgan fingerprint density at radius 3 is 2.33 bits per heavy atom. The summed E-state index contributed by atoms with van der Waals surface area (Å²) in [5.41, 5.74) is 1.44. The molecule has 2 N–H and O–H groups in total. The number of nitrogens with zero attached hydrogens (tertiary/aromatic N) is 1. The summed E-state index contributed by atoms with van der Waals surface area (Å²) in [6.45, 7) is 2.22. The van der Waals surface area contributed by atoms with Crippen molar-refractivity contribution in [1.29, 1.82) is 0 Å². The second-order valence-corrected chi connectivity index (χ2v) is 9.83. The SMILES string of the molecule is CC1CCC(C(=O)N(c2cc(-c3ccccc3)sc2C(=O)O)C2CCC(O)C2)CC1. The van der Waals surface area contributed by atoms with Crippen LogP contribution in [-0.2, 0) is 4.79 Å². The number of anilines is 1. The molecule has 2 fully saturated rings. The summed E-state index contributed by atoms with van der Waals surface area (Å²) in [4.78, 5) is 28.6. The lowest BCUT2D eigenvalue weighted by Crippen LogP contribution is -2.44. The van der Waals surface area contributed by atoms with Crippen LogP contribution in [0.4, 0.5) is 5.69 Å². The molecule has 4 rings (SSSR count). The van der Waals surface area contributed by atoms with Crippen molar-refractivity contribution in [3.05, 3.63) is 41.3 Å². The van der Waals surface area contributed by atoms with Gasteiger partial charge >= 0.3 is 5.97 Å². The monoisotopic (exact) mass is 427 g/mol. The number of carboxylic acid groups (broad SMARTS) is 1. The number of aromatic carboxylic acids is 1. The number of benzene rings is 1. The van der Waals surface area contributed by atoms with Gasteiger partial charge in [-0.2, -0.15) is 0 Å². The van der Waals surface area contributed by atoms with Gasteiger partial charge in [-0.1, -0.05) is 37.3 Å². The highest BCUT2D eigenvalue weighted by Crippen LogP contribution is 2.42. The Hall–Kier alpha value is -2.18. The second kappa shape index (κ2) is 8.90. The van der Waals surface area contributed by atoms with E-state index >= 15 is 0 Å². The minimum Gasteiger partial charge on any atom is -0.477 e. The number of amides is 1. The molecule has 1 amide bonds. The fraction of sp³-hybridized carbons (Fsp3) is 0.500. The molecule has 2 aliphatic carbocycles. The topological polar surface area (TPSA) is 77.8 Å². The van der Waals surface area contributed by atoms with E-state index in [-0.39, 0.29) is 22.7 Å². The first-order chi connectivity index (χ1) is 14.4. The van der Waals surface area contributed by atoms with E-state index in [4.69, 9.17) is 0 Å². The van der Waals surface area contributed by atoms with Gasteiger partial charge in [0.1, 0.15) is 4.88 Å². The van der Waals surface area contributed by atoms with E-state index in [0.717, 1.165) is 36.1 Å². The van der Waals surface area contributed by atoms with Crippen molar-refractivity contribution in [3.63, 3.8) is 0 Å². The normalized spacial score (nSPS) is 26.5. The molecule has 2 unspecified atom stereocenters. The van der Waals surface area contributed by atoms with Gasteiger partial charge in [-0.25, -0.2) is 4.79 Å². The van der Waals surface area contributed by atoms with Gasteiger partial charge in [0.05, 0.1) is 11.8 Å². The van der Waals surface area contributed by atoms with Gasteiger partial charge in [-0.3, -0.25) is 4.79 Å². The van der Waals surface area contributed by atoms with Crippen LogP contribution in [0.15, 0.2) is 36.4 Å². The first-order valence-corrected chi connectivity index (χ1v) is 11.7. The van der Waals surface area contributed by atoms with E-state index in [0.29, 0.717) is 30.9 Å². The largest absolute Gasteiger partial charge is 0.477 e. The standard InChI is InChI=1S/C24H29NO4S/c1-15-7-9-17(10-8-15)23(27)25(18-11-12-19(26)13-18)20-14-21(30-22(20)24(28)29)16-5-3-2-4-6-16/h2-6,14-15,17-19,26H,7-13H2,1H3,(H,28,29). The third-order valence-corrected chi connectivity index (χ3v) is 7.73. The molecule has 0 spiro atoms. The highest BCUT2D eigenvalue weighted by Gasteiger charge is 2.38. The summed E-state index contributed by atoms with van der Waals surface area (Å²) in [6.07, 6.45) is 5.18. The van der Waals surface area contributed by atoms with Crippen molar-refractivity contribution >= 4 is 28.9 Å². The first-order valence-electron chi connectivity index (χ1n) is 10.9. The van der Waals surface area contributed by atoms with Gasteiger partial charge in [0.15, 0.2) is 0 Å². The minimum atomic E-state index is -1.01. The number of aliphatic hydroxyl groups is 1. The Bertz CT molecular complexity index is 901. The number of hydrogen-bond acceptors (Lipinski definition) is 4. The predicted molar refractivity (Wildman–Crippen MR) is 119 cm³/mol. The Morgan fingerprint density at radius 1 is 1.03 bits per heavy atom. The molecule has 1 aromatic carbocycles. The van der Waals surface area contributed by atoms with Crippen LogP contribution in [0.1, 0.15) is 61.5 Å². The smallest absolute Gasteiger partial charge is 0.348 e. The molecule has 6 heteroatoms. The molecule has 0 aliphatic heterocycles. The molecule has 5 nitrogen and oxygen atoms in total. The van der Waals surface area contributed by atoms with E-state index in [9.17, 15) is 19.8 Å². The fourth-order valence-corrected chi connectivity index (χ4v) is 5.82. The van der Waals surface area contributed by atoms with Crippen molar-refractivity contribution in [3.8, 4) is 10.4 Å². The summed E-state index contributed by atoms with van der Waals surface area (Å²) < 4.78 is 0. The lowest BCUT2D eigenvalue weighted by atomic mass is 9.82. The zero-order valence-corrected chi connectivity index (χ0v) is 18.1. The number of carbonyl (C=O) groups is 2. The maximum atomic E-state index is 13.7. The first kappa shape index (κ1) is 21.1. The Labute approximate surface area is 181 Å². The lowest BCUT2D eigenvalue weighted by Gasteiger charge is -2.34. The summed E-state index contributed by atoms with van der Waals surface area (Å²) in [5, 5.41) is 20.1. The van der Waals surface area contributed by atoms with Crippen LogP contribution < -0.4 is 4.90 Å². The second-order valence-electron chi connectivity index (χ2n) is 8.78. The molecule has 160 valence electrons. The summed E-state index contributed by atoms with van der Waals surface area (Å²) in [5.74, 6) is -0.413. The molecule has 1 aromatic heterocycles. The predicted octanol–water partition coefficient (Wildman–Crippen LogP) is 5.19. The van der Waals surface area contributed by atoms with Crippen LogP contribution in [0.3, 0.4) is 0 Å². The van der Waals surface area contributed by atoms with Gasteiger partial charge in [-0.05, 0) is 62.5 Å². The molecule has 30 heavy (non-hydrogen) atoms. The van der Waals surface area contributed by atoms with Crippen LogP contribution in [0.5, 0.6) is 0 Å². The van der Waals surface area contributed by atoms with Crippen LogP contribution in [0, 0.1) is 11.8 Å². The van der Waals surface area contributed by atoms with E-state index < -0.39 is 12.1 Å². The Balaban J connectivity index is 1.74. The third-order valence-electron chi connectivity index (χ3n) is 6.57. The van der Waals surface area contributed by atoms with Crippen molar-refractivity contribution in [1.82, 2.24) is 0 Å². The van der Waals surface area contributed by atoms with Crippen molar-refractivity contribution in [2.75, 3.05) is 4.90 Å². The number of carboxylic acids is 1. The van der Waals surface area contributed by atoms with Crippen LogP contribution in [0.2, 0.25) is 0 Å². The molecule has 2 saturated carbocycles. The molecular weight excluding hydrogens is 398 g/mol. The summed E-state index contributed by atoms with van der Waals surface area (Å²) in [7, 11) is 0. The third kappa shape index (κ3) is 4.30. The highest BCUT2D eigenvalue weighted by molar-refractivity contribution is 7.18. The van der Waals surface area contributed by atoms with E-state index in [1.165, 1.54) is 11.3 Å². The summed E-state index contributed by atoms with van der Waals surface area (Å²) >= 11 is 1.22. The number of thiophene rings is 1. The maximum absolute atomic E-state index is 13.7. The number of carbonyl (C=O) groups excluding carboxylic acids is 1. The molecule has 0 radical (unpaired) electrons. The van der Waals surface area contributed by atoms with Crippen molar-refractivity contribution < 1.29 is 19.8 Å². The molecule has 0 saturated heterocycles. The number of aliphatic hydroxyl groups excluding tert-OH is 1. The zero-order valence-electron chi connectivity index (χ0n) is 17.3. The molecule has 2 aromatic rings. The van der Waals surface area contributed by atoms with Crippen molar-refractivity contribution in [2.45, 2.75) is 64.0 Å². The summed E-state index contributed by atoms with van der Waals surface area (Å²) in [6, 6.07) is 11.4. The van der Waals surface area contributed by atoms with E-state index in [2.05, 4.69) is 6.92 Å². The van der Waals surface area contributed by atoms with Crippen molar-refractivity contribution in [2.24, 2.45) is 11.8 Å². The minimum absolute atomic E-state index is 0.0286. The van der Waals surface area contributed by atoms with Gasteiger partial charge in [0, 0.05) is 16.8 Å². The van der Waals surface area contributed by atoms with E-state index in [1.54, 1.807) is 4.90 Å². The molecule has 0 bridgehead atoms. The number of rotatable bonds is 5. The maximum Gasteiger partial charge on any atom is 0.348 e. The zero-order chi connectivity index (χ0) is 21.3. The fourth-order valence-electron chi connectivity index (χ4n) is 4.83. The van der Waals surface area contributed by atoms with Gasteiger partial charge < -0.3 is 15.1 Å². The van der Waals surface area contributed by atoms with Gasteiger partial charge in [0.25, 0.3) is 0 Å². The average molecular weight is 428 g/mol. The van der Waals surface area contributed by atoms with Crippen LogP contribution in [-0.4, -0.2) is 34.2 Å². The Morgan fingerprint density at radius 2 is 1.73 bits per heavy atom. The quantitative estimate of drug-likeness (QED) is 0.689. The number of hydrogen-bond donors (Lipinski definition) is 2. The lowest BCUT2D eigenvalue weighted by molar-refractivity contribution is -0.124. The molecule has 2 atom stereocenters.